The van der Waals surface area contributed by atoms with Crippen LogP contribution in [0.2, 0.25) is 0 Å². The smallest absolute Gasteiger partial charge is 0.161 e. The molecule has 1 aromatic heterocycles. The maximum Gasteiger partial charge on any atom is 0.161 e. The van der Waals surface area contributed by atoms with Gasteiger partial charge in [0.25, 0.3) is 0 Å². The molecule has 2 aromatic rings. The minimum Gasteiger partial charge on any atom is -0.490 e. The summed E-state index contributed by atoms with van der Waals surface area (Å²) < 4.78 is 11.3. The molecule has 6 N–H and O–H groups in total. The lowest BCUT2D eigenvalue weighted by Gasteiger charge is -2.17. The fraction of sp³-hybridized carbons (Fsp3) is 0.308. The highest BCUT2D eigenvalue weighted by molar-refractivity contribution is 5.49. The van der Waals surface area contributed by atoms with E-state index in [-0.39, 0.29) is 6.04 Å². The van der Waals surface area contributed by atoms with E-state index in [1.165, 1.54) is 0 Å². The Labute approximate surface area is 116 Å². The van der Waals surface area contributed by atoms with Crippen LogP contribution in [0.3, 0.4) is 0 Å². The molecule has 0 spiro atoms. The molecule has 7 heteroatoms. The van der Waals surface area contributed by atoms with Crippen LogP contribution in [-0.2, 0) is 0 Å². The lowest BCUT2D eigenvalue weighted by Crippen LogP contribution is -2.29. The number of hydrazine groups is 1. The largest absolute Gasteiger partial charge is 0.490 e. The second-order valence-electron chi connectivity index (χ2n) is 4.60. The number of nitrogens with one attached hydrogen (secondary N) is 2. The third-order valence-electron chi connectivity index (χ3n) is 3.28. The Morgan fingerprint density at radius 3 is 2.75 bits per heavy atom. The summed E-state index contributed by atoms with van der Waals surface area (Å²) in [6, 6.07) is 5.48. The number of fused-ring (bicyclic) bond motifs is 1. The third kappa shape index (κ3) is 2.28. The Morgan fingerprint density at radius 1 is 1.25 bits per heavy atom. The van der Waals surface area contributed by atoms with Crippen LogP contribution in [0.1, 0.15) is 23.6 Å². The Bertz CT molecular complexity index is 598. The number of nitrogen functional groups attached to an aromatic ring is 1. The summed E-state index contributed by atoms with van der Waals surface area (Å²) in [5.74, 6) is 7.62. The average Bonchev–Trinajstić information content (AvgIpc) is 2.75. The fourth-order valence-corrected chi connectivity index (χ4v) is 2.26. The van der Waals surface area contributed by atoms with Crippen LogP contribution in [0.5, 0.6) is 11.5 Å². The minimum absolute atomic E-state index is 0.258. The molecular weight excluding hydrogens is 258 g/mol. The van der Waals surface area contributed by atoms with Gasteiger partial charge in [0.1, 0.15) is 5.82 Å². The van der Waals surface area contributed by atoms with E-state index in [9.17, 15) is 0 Å². The van der Waals surface area contributed by atoms with E-state index >= 15 is 0 Å². The van der Waals surface area contributed by atoms with Crippen molar-refractivity contribution in [2.75, 3.05) is 18.9 Å². The van der Waals surface area contributed by atoms with Crippen LogP contribution in [0, 0.1) is 0 Å². The zero-order chi connectivity index (χ0) is 13.9. The number of benzene rings is 1. The van der Waals surface area contributed by atoms with Crippen molar-refractivity contribution < 1.29 is 9.47 Å². The summed E-state index contributed by atoms with van der Waals surface area (Å²) in [5.41, 5.74) is 10.3. The van der Waals surface area contributed by atoms with Gasteiger partial charge in [-0.15, -0.1) is 0 Å². The molecule has 1 unspecified atom stereocenters. The van der Waals surface area contributed by atoms with E-state index in [1.807, 2.05) is 18.2 Å². The van der Waals surface area contributed by atoms with E-state index in [2.05, 4.69) is 15.6 Å². The van der Waals surface area contributed by atoms with Crippen LogP contribution in [0.4, 0.5) is 5.82 Å². The Kier molecular flexibility index (Phi) is 3.44. The molecule has 0 fully saturated rings. The van der Waals surface area contributed by atoms with Crippen LogP contribution < -0.4 is 26.5 Å². The monoisotopic (exact) mass is 275 g/mol. The zero-order valence-electron chi connectivity index (χ0n) is 10.9. The number of nitrogens with two attached hydrogens (primary N) is 2. The number of nitrogens with zero attached hydrogens (tertiary/aromatic N) is 1. The van der Waals surface area contributed by atoms with Gasteiger partial charge in [-0.05, 0) is 17.7 Å². The van der Waals surface area contributed by atoms with Gasteiger partial charge < -0.3 is 15.2 Å². The number of hydrogen-bond donors (Lipinski definition) is 4. The summed E-state index contributed by atoms with van der Waals surface area (Å²) >= 11 is 0. The SMILES string of the molecule is NNC(c1ccc2c(c1)OCCCO2)c1cn[nH]c1N. The van der Waals surface area contributed by atoms with Crippen LogP contribution in [-0.4, -0.2) is 23.4 Å². The molecule has 106 valence electrons. The van der Waals surface area contributed by atoms with E-state index in [4.69, 9.17) is 21.1 Å². The Hall–Kier alpha value is -2.25. The number of hydrogen-bond acceptors (Lipinski definition) is 6. The van der Waals surface area contributed by atoms with Gasteiger partial charge in [-0.25, -0.2) is 5.43 Å². The Morgan fingerprint density at radius 2 is 2.05 bits per heavy atom. The quantitative estimate of drug-likeness (QED) is 0.485. The van der Waals surface area contributed by atoms with Crippen molar-refractivity contribution in [1.29, 1.82) is 0 Å². The summed E-state index contributed by atoms with van der Waals surface area (Å²) in [5, 5.41) is 6.62. The molecule has 1 aliphatic rings. The normalized spacial score (nSPS) is 15.7. The Balaban J connectivity index is 1.96. The number of anilines is 1. The molecule has 20 heavy (non-hydrogen) atoms. The van der Waals surface area contributed by atoms with Gasteiger partial charge in [0.15, 0.2) is 11.5 Å². The second-order valence-corrected chi connectivity index (χ2v) is 4.60. The van der Waals surface area contributed by atoms with Crippen molar-refractivity contribution in [2.24, 2.45) is 5.84 Å². The van der Waals surface area contributed by atoms with Gasteiger partial charge in [-0.1, -0.05) is 6.07 Å². The standard InChI is InChI=1S/C13H17N5O2/c14-13-9(7-16-18-13)12(17-15)8-2-3-10-11(6-8)20-5-1-4-19-10/h2-3,6-7,12,17H,1,4-5,15H2,(H3,14,16,18). The first-order valence-corrected chi connectivity index (χ1v) is 6.44. The number of aromatic nitrogens is 2. The number of rotatable bonds is 3. The highest BCUT2D eigenvalue weighted by atomic mass is 16.5. The molecule has 1 atom stereocenters. The maximum atomic E-state index is 5.85. The number of aromatic amines is 1. The predicted molar refractivity (Wildman–Crippen MR) is 74.2 cm³/mol. The molecule has 1 aromatic carbocycles. The van der Waals surface area contributed by atoms with Crippen molar-refractivity contribution >= 4 is 5.82 Å². The molecule has 0 saturated carbocycles. The fourth-order valence-electron chi connectivity index (χ4n) is 2.26. The third-order valence-corrected chi connectivity index (χ3v) is 3.28. The molecular formula is C13H17N5O2. The average molecular weight is 275 g/mol. The van der Waals surface area contributed by atoms with Crippen molar-refractivity contribution in [3.05, 3.63) is 35.5 Å². The molecule has 2 heterocycles. The molecule has 3 rings (SSSR count). The van der Waals surface area contributed by atoms with E-state index in [0.717, 1.165) is 29.0 Å². The second kappa shape index (κ2) is 5.40. The zero-order valence-corrected chi connectivity index (χ0v) is 10.9. The van der Waals surface area contributed by atoms with E-state index in [0.29, 0.717) is 19.0 Å². The maximum absolute atomic E-state index is 5.85. The van der Waals surface area contributed by atoms with Crippen LogP contribution in [0.15, 0.2) is 24.4 Å². The van der Waals surface area contributed by atoms with Gasteiger partial charge in [-0.2, -0.15) is 5.10 Å². The summed E-state index contributed by atoms with van der Waals surface area (Å²) in [4.78, 5) is 0. The molecule has 0 bridgehead atoms. The van der Waals surface area contributed by atoms with Crippen molar-refractivity contribution in [3.63, 3.8) is 0 Å². The first-order chi connectivity index (χ1) is 9.79. The predicted octanol–water partition coefficient (Wildman–Crippen LogP) is 0.706. The highest BCUT2D eigenvalue weighted by Crippen LogP contribution is 2.34. The molecule has 1 aliphatic heterocycles. The highest BCUT2D eigenvalue weighted by Gasteiger charge is 2.19. The summed E-state index contributed by atoms with van der Waals surface area (Å²) in [6.07, 6.45) is 2.53. The number of H-pyrrole nitrogens is 1. The molecule has 0 amide bonds. The van der Waals surface area contributed by atoms with Gasteiger partial charge in [0, 0.05) is 12.0 Å². The first-order valence-electron chi connectivity index (χ1n) is 6.44. The topological polar surface area (TPSA) is 111 Å². The van der Waals surface area contributed by atoms with Gasteiger partial charge >= 0.3 is 0 Å². The van der Waals surface area contributed by atoms with E-state index in [1.54, 1.807) is 6.20 Å². The molecule has 7 nitrogen and oxygen atoms in total. The van der Waals surface area contributed by atoms with Crippen molar-refractivity contribution in [1.82, 2.24) is 15.6 Å². The summed E-state index contributed by atoms with van der Waals surface area (Å²) in [7, 11) is 0. The molecule has 0 saturated heterocycles. The van der Waals surface area contributed by atoms with Crippen molar-refractivity contribution in [3.8, 4) is 11.5 Å². The lowest BCUT2D eigenvalue weighted by atomic mass is 10.0. The first kappa shape index (κ1) is 12.8. The van der Waals surface area contributed by atoms with Gasteiger partial charge in [0.2, 0.25) is 0 Å². The molecule has 0 radical (unpaired) electrons. The lowest BCUT2D eigenvalue weighted by molar-refractivity contribution is 0.297. The van der Waals surface area contributed by atoms with Gasteiger partial charge in [0.05, 0.1) is 25.5 Å². The summed E-state index contributed by atoms with van der Waals surface area (Å²) in [6.45, 7) is 1.31. The minimum atomic E-state index is -0.258. The van der Waals surface area contributed by atoms with Crippen LogP contribution >= 0.6 is 0 Å². The molecule has 0 aliphatic carbocycles. The number of ether oxygens (including phenoxy) is 2. The van der Waals surface area contributed by atoms with E-state index < -0.39 is 0 Å². The van der Waals surface area contributed by atoms with Crippen LogP contribution in [0.25, 0.3) is 0 Å². The van der Waals surface area contributed by atoms with Crippen molar-refractivity contribution in [2.45, 2.75) is 12.5 Å². The van der Waals surface area contributed by atoms with Gasteiger partial charge in [-0.3, -0.25) is 10.9 Å².